The van der Waals surface area contributed by atoms with Gasteiger partial charge in [0.25, 0.3) is 0 Å². The van der Waals surface area contributed by atoms with E-state index < -0.39 is 5.56 Å². The van der Waals surface area contributed by atoms with Crippen LogP contribution in [0.2, 0.25) is 0 Å². The van der Waals surface area contributed by atoms with E-state index in [4.69, 9.17) is 9.84 Å². The second-order valence-corrected chi connectivity index (χ2v) is 3.65. The fourth-order valence-electron chi connectivity index (χ4n) is 0.785. The Morgan fingerprint density at radius 1 is 1.64 bits per heavy atom. The normalized spacial score (nSPS) is 14.9. The van der Waals surface area contributed by atoms with Crippen LogP contribution in [0.1, 0.15) is 26.7 Å². The molecule has 0 saturated heterocycles. The van der Waals surface area contributed by atoms with Crippen molar-refractivity contribution >= 4 is 18.6 Å². The SMILES string of the molecule is CCC(C)C(=O)OCCCNC(O)S. The number of aliphatic hydroxyl groups is 1. The van der Waals surface area contributed by atoms with Gasteiger partial charge in [-0.1, -0.05) is 13.8 Å². The fourth-order valence-corrected chi connectivity index (χ4v) is 0.914. The fraction of sp³-hybridized carbons (Fsp3) is 0.889. The largest absolute Gasteiger partial charge is 0.465 e. The molecule has 2 unspecified atom stereocenters. The Hall–Kier alpha value is -0.260. The second-order valence-electron chi connectivity index (χ2n) is 3.16. The molecule has 0 bridgehead atoms. The van der Waals surface area contributed by atoms with Gasteiger partial charge in [-0.25, -0.2) is 0 Å². The molecule has 0 aliphatic rings. The summed E-state index contributed by atoms with van der Waals surface area (Å²) < 4.78 is 4.99. The van der Waals surface area contributed by atoms with Crippen molar-refractivity contribution in [3.63, 3.8) is 0 Å². The summed E-state index contributed by atoms with van der Waals surface area (Å²) in [6.07, 6.45) is 1.48. The smallest absolute Gasteiger partial charge is 0.308 e. The van der Waals surface area contributed by atoms with Crippen molar-refractivity contribution in [1.82, 2.24) is 5.32 Å². The third kappa shape index (κ3) is 7.17. The molecular weight excluding hydrogens is 202 g/mol. The van der Waals surface area contributed by atoms with Gasteiger partial charge >= 0.3 is 5.97 Å². The van der Waals surface area contributed by atoms with Gasteiger partial charge in [0.1, 0.15) is 5.56 Å². The Balaban J connectivity index is 3.32. The van der Waals surface area contributed by atoms with E-state index in [0.717, 1.165) is 6.42 Å². The molecule has 0 fully saturated rings. The summed E-state index contributed by atoms with van der Waals surface area (Å²) in [6.45, 7) is 4.76. The lowest BCUT2D eigenvalue weighted by atomic mass is 10.1. The predicted molar refractivity (Wildman–Crippen MR) is 58.0 cm³/mol. The van der Waals surface area contributed by atoms with Crippen molar-refractivity contribution in [3.8, 4) is 0 Å². The van der Waals surface area contributed by atoms with Crippen LogP contribution in [-0.4, -0.2) is 29.8 Å². The molecule has 0 saturated carbocycles. The monoisotopic (exact) mass is 221 g/mol. The first-order valence-corrected chi connectivity index (χ1v) is 5.35. The molecule has 5 heteroatoms. The highest BCUT2D eigenvalue weighted by molar-refractivity contribution is 7.80. The third-order valence-electron chi connectivity index (χ3n) is 1.91. The number of ether oxygens (including phenoxy) is 1. The van der Waals surface area contributed by atoms with Crippen molar-refractivity contribution in [1.29, 1.82) is 0 Å². The summed E-state index contributed by atoms with van der Waals surface area (Å²) in [5.41, 5.74) is -0.805. The van der Waals surface area contributed by atoms with Crippen molar-refractivity contribution in [2.75, 3.05) is 13.2 Å². The molecular formula is C9H19NO3S. The molecule has 0 aromatic rings. The van der Waals surface area contributed by atoms with Crippen LogP contribution in [0.3, 0.4) is 0 Å². The average molecular weight is 221 g/mol. The first-order valence-electron chi connectivity index (χ1n) is 4.84. The number of esters is 1. The minimum atomic E-state index is -0.805. The lowest BCUT2D eigenvalue weighted by molar-refractivity contribution is -0.148. The minimum absolute atomic E-state index is 0.0292. The van der Waals surface area contributed by atoms with E-state index in [2.05, 4.69) is 17.9 Å². The number of hydrogen-bond donors (Lipinski definition) is 3. The van der Waals surface area contributed by atoms with E-state index in [1.807, 2.05) is 13.8 Å². The van der Waals surface area contributed by atoms with Gasteiger partial charge in [-0.15, -0.1) is 12.6 Å². The van der Waals surface area contributed by atoms with E-state index in [1.54, 1.807) is 0 Å². The van der Waals surface area contributed by atoms with Gasteiger partial charge < -0.3 is 9.84 Å². The zero-order valence-corrected chi connectivity index (χ0v) is 9.59. The van der Waals surface area contributed by atoms with Crippen molar-refractivity contribution in [3.05, 3.63) is 0 Å². The molecule has 0 spiro atoms. The molecule has 0 rings (SSSR count). The van der Waals surface area contributed by atoms with Crippen LogP contribution in [0.25, 0.3) is 0 Å². The Bertz CT molecular complexity index is 164. The van der Waals surface area contributed by atoms with Crippen LogP contribution in [0.4, 0.5) is 0 Å². The molecule has 4 nitrogen and oxygen atoms in total. The standard InChI is InChI=1S/C9H19NO3S/c1-3-7(2)8(11)13-6-4-5-10-9(12)14/h7,9-10,12,14H,3-6H2,1-2H3. The van der Waals surface area contributed by atoms with E-state index in [0.29, 0.717) is 19.6 Å². The van der Waals surface area contributed by atoms with E-state index >= 15 is 0 Å². The molecule has 84 valence electrons. The van der Waals surface area contributed by atoms with Crippen LogP contribution >= 0.6 is 12.6 Å². The van der Waals surface area contributed by atoms with Crippen molar-refractivity contribution in [2.24, 2.45) is 5.92 Å². The highest BCUT2D eigenvalue weighted by Gasteiger charge is 2.10. The number of nitrogens with one attached hydrogen (secondary N) is 1. The number of carbonyl (C=O) groups is 1. The molecule has 0 aliphatic carbocycles. The minimum Gasteiger partial charge on any atom is -0.465 e. The highest BCUT2D eigenvalue weighted by atomic mass is 32.1. The molecule has 2 atom stereocenters. The van der Waals surface area contributed by atoms with Gasteiger partial charge in [0.2, 0.25) is 0 Å². The molecule has 0 aliphatic heterocycles. The molecule has 14 heavy (non-hydrogen) atoms. The predicted octanol–water partition coefficient (Wildman–Crippen LogP) is 0.761. The Kier molecular flexibility index (Phi) is 7.93. The van der Waals surface area contributed by atoms with Crippen LogP contribution in [0.15, 0.2) is 0 Å². The average Bonchev–Trinajstić information content (AvgIpc) is 2.15. The van der Waals surface area contributed by atoms with Gasteiger partial charge in [-0.2, -0.15) is 0 Å². The van der Waals surface area contributed by atoms with E-state index in [9.17, 15) is 4.79 Å². The maximum Gasteiger partial charge on any atom is 0.308 e. The Labute approximate surface area is 90.4 Å². The third-order valence-corrected chi connectivity index (χ3v) is 2.09. The maximum atomic E-state index is 11.2. The Morgan fingerprint density at radius 2 is 2.29 bits per heavy atom. The van der Waals surface area contributed by atoms with Crippen molar-refractivity contribution < 1.29 is 14.6 Å². The number of rotatable bonds is 7. The second kappa shape index (κ2) is 8.08. The van der Waals surface area contributed by atoms with Gasteiger partial charge in [-0.3, -0.25) is 10.1 Å². The molecule has 0 aromatic heterocycles. The van der Waals surface area contributed by atoms with Crippen LogP contribution in [0.5, 0.6) is 0 Å². The first kappa shape index (κ1) is 13.7. The van der Waals surface area contributed by atoms with Crippen LogP contribution < -0.4 is 5.32 Å². The van der Waals surface area contributed by atoms with Crippen LogP contribution in [-0.2, 0) is 9.53 Å². The van der Waals surface area contributed by atoms with Crippen LogP contribution in [0, 0.1) is 5.92 Å². The number of hydrogen-bond acceptors (Lipinski definition) is 5. The highest BCUT2D eigenvalue weighted by Crippen LogP contribution is 2.03. The summed E-state index contributed by atoms with van der Waals surface area (Å²) in [6, 6.07) is 0. The van der Waals surface area contributed by atoms with Crippen molar-refractivity contribution in [2.45, 2.75) is 32.2 Å². The van der Waals surface area contributed by atoms with Gasteiger partial charge in [0.15, 0.2) is 0 Å². The first-order chi connectivity index (χ1) is 6.57. The molecule has 0 amide bonds. The zero-order chi connectivity index (χ0) is 11.0. The summed E-state index contributed by atoms with van der Waals surface area (Å²) in [5, 5.41) is 11.4. The summed E-state index contributed by atoms with van der Waals surface area (Å²) in [4.78, 5) is 11.2. The van der Waals surface area contributed by atoms with E-state index in [1.165, 1.54) is 0 Å². The van der Waals surface area contributed by atoms with Gasteiger partial charge in [-0.05, 0) is 12.8 Å². The Morgan fingerprint density at radius 3 is 2.79 bits per heavy atom. The van der Waals surface area contributed by atoms with E-state index in [-0.39, 0.29) is 11.9 Å². The number of thiol groups is 1. The van der Waals surface area contributed by atoms with Gasteiger partial charge in [0, 0.05) is 6.54 Å². The maximum absolute atomic E-state index is 11.2. The lowest BCUT2D eigenvalue weighted by Crippen LogP contribution is -2.25. The van der Waals surface area contributed by atoms with Gasteiger partial charge in [0.05, 0.1) is 12.5 Å². The topological polar surface area (TPSA) is 58.6 Å². The summed E-state index contributed by atoms with van der Waals surface area (Å²) >= 11 is 3.73. The lowest BCUT2D eigenvalue weighted by Gasteiger charge is -2.10. The molecule has 0 aromatic carbocycles. The molecule has 0 radical (unpaired) electrons. The molecule has 2 N–H and O–H groups in total. The zero-order valence-electron chi connectivity index (χ0n) is 8.69. The number of carbonyl (C=O) groups excluding carboxylic acids is 1. The quantitative estimate of drug-likeness (QED) is 0.257. The molecule has 0 heterocycles. The summed E-state index contributed by atoms with van der Waals surface area (Å²) in [7, 11) is 0. The summed E-state index contributed by atoms with van der Waals surface area (Å²) in [5.74, 6) is -0.183. The number of aliphatic hydroxyl groups excluding tert-OH is 1.